The highest BCUT2D eigenvalue weighted by Gasteiger charge is 2.30. The molecule has 0 aliphatic heterocycles. The molecule has 0 aromatic heterocycles. The Morgan fingerprint density at radius 3 is 0.764 bits per heavy atom. The summed E-state index contributed by atoms with van der Waals surface area (Å²) in [5.41, 5.74) is 0. The molecule has 0 heterocycles. The third kappa shape index (κ3) is 64.6. The standard InChI is InChI=1S/C70H136O17P2/c1-7-9-11-13-15-17-19-21-23-25-27-29-35-42-48-54-69(74)86-65(58-80-67(72)52-46-40-34-28-26-24-22-20-18-16-14-12-10-8-2)60-84-88(76,77)82-56-64(71)57-83-89(78,79)85-61-66(87-70(75)55-49-43-37-31-33-39-45-51-63(5)6)59-81-68(73)53-47-41-36-30-32-38-44-50-62(3)4/h62-66,71H,7-61H2,1-6H3,(H,76,77)(H,78,79)/t64-,65-,66-/m1/s1. The van der Waals surface area contributed by atoms with Crippen LogP contribution in [0.15, 0.2) is 0 Å². The van der Waals surface area contributed by atoms with Gasteiger partial charge in [-0.15, -0.1) is 0 Å². The molecule has 0 spiro atoms. The van der Waals surface area contributed by atoms with E-state index in [0.29, 0.717) is 37.5 Å². The minimum Gasteiger partial charge on any atom is -0.462 e. The number of aliphatic hydroxyl groups excluding tert-OH is 1. The molecule has 19 heteroatoms. The van der Waals surface area contributed by atoms with Crippen molar-refractivity contribution in [3.05, 3.63) is 0 Å². The predicted molar refractivity (Wildman–Crippen MR) is 358 cm³/mol. The van der Waals surface area contributed by atoms with Gasteiger partial charge in [0.1, 0.15) is 19.3 Å². The van der Waals surface area contributed by atoms with E-state index in [0.717, 1.165) is 96.3 Å². The molecule has 17 nitrogen and oxygen atoms in total. The number of phosphoric ester groups is 2. The Balaban J connectivity index is 5.24. The molecule has 0 aliphatic rings. The van der Waals surface area contributed by atoms with Crippen molar-refractivity contribution < 1.29 is 80.2 Å². The third-order valence-electron chi connectivity index (χ3n) is 16.2. The van der Waals surface area contributed by atoms with E-state index in [1.54, 1.807) is 0 Å². The maximum Gasteiger partial charge on any atom is 0.472 e. The molecular formula is C70H136O17P2. The second-order valence-corrected chi connectivity index (χ2v) is 29.1. The van der Waals surface area contributed by atoms with Crippen LogP contribution in [0, 0.1) is 11.8 Å². The Hall–Kier alpha value is -1.94. The van der Waals surface area contributed by atoms with Crippen LogP contribution in [-0.2, 0) is 65.4 Å². The Labute approximate surface area is 543 Å². The van der Waals surface area contributed by atoms with E-state index in [1.807, 2.05) is 0 Å². The number of esters is 4. The fraction of sp³-hybridized carbons (Fsp3) is 0.943. The molecule has 0 fully saturated rings. The van der Waals surface area contributed by atoms with Crippen LogP contribution in [0.5, 0.6) is 0 Å². The van der Waals surface area contributed by atoms with Crippen LogP contribution in [0.3, 0.4) is 0 Å². The number of unbranched alkanes of at least 4 members (excludes halogenated alkanes) is 39. The quantitative estimate of drug-likeness (QED) is 0.0222. The number of ether oxygens (including phenoxy) is 4. The summed E-state index contributed by atoms with van der Waals surface area (Å²) in [6, 6.07) is 0. The fourth-order valence-corrected chi connectivity index (χ4v) is 12.2. The average molecular weight is 1310 g/mol. The van der Waals surface area contributed by atoms with E-state index in [-0.39, 0.29) is 25.7 Å². The first-order valence-electron chi connectivity index (χ1n) is 36.5. The summed E-state index contributed by atoms with van der Waals surface area (Å²) in [7, 11) is -9.90. The van der Waals surface area contributed by atoms with Crippen LogP contribution < -0.4 is 0 Å². The monoisotopic (exact) mass is 1310 g/mol. The van der Waals surface area contributed by atoms with Crippen molar-refractivity contribution in [3.63, 3.8) is 0 Å². The van der Waals surface area contributed by atoms with Gasteiger partial charge in [-0.2, -0.15) is 0 Å². The van der Waals surface area contributed by atoms with Crippen molar-refractivity contribution in [1.82, 2.24) is 0 Å². The van der Waals surface area contributed by atoms with Crippen LogP contribution in [0.25, 0.3) is 0 Å². The van der Waals surface area contributed by atoms with Crippen molar-refractivity contribution in [3.8, 4) is 0 Å². The molecule has 0 radical (unpaired) electrons. The minimum absolute atomic E-state index is 0.103. The molecular weight excluding hydrogens is 1170 g/mol. The summed E-state index contributed by atoms with van der Waals surface area (Å²) >= 11 is 0. The zero-order valence-electron chi connectivity index (χ0n) is 57.7. The smallest absolute Gasteiger partial charge is 0.462 e. The lowest BCUT2D eigenvalue weighted by Crippen LogP contribution is -2.30. The van der Waals surface area contributed by atoms with Crippen molar-refractivity contribution in [2.45, 2.75) is 374 Å². The van der Waals surface area contributed by atoms with Crippen LogP contribution in [0.2, 0.25) is 0 Å². The van der Waals surface area contributed by atoms with Gasteiger partial charge in [-0.05, 0) is 37.5 Å². The molecule has 0 aromatic carbocycles. The second-order valence-electron chi connectivity index (χ2n) is 26.2. The van der Waals surface area contributed by atoms with Gasteiger partial charge < -0.3 is 33.8 Å². The molecule has 3 N–H and O–H groups in total. The van der Waals surface area contributed by atoms with Gasteiger partial charge in [-0.3, -0.25) is 37.3 Å². The molecule has 0 saturated carbocycles. The lowest BCUT2D eigenvalue weighted by Gasteiger charge is -2.21. The summed E-state index contributed by atoms with van der Waals surface area (Å²) in [5, 5.41) is 10.6. The zero-order chi connectivity index (χ0) is 65.7. The first kappa shape index (κ1) is 87.1. The maximum absolute atomic E-state index is 13.0. The van der Waals surface area contributed by atoms with Gasteiger partial charge in [0, 0.05) is 25.7 Å². The SMILES string of the molecule is CCCCCCCCCCCCCCCCCC(=O)O[C@H](COC(=O)CCCCCCCCCCCCCCCC)COP(=O)(O)OC[C@@H](O)COP(=O)(O)OC[C@@H](COC(=O)CCCCCCCCCC(C)C)OC(=O)CCCCCCCCCC(C)C. The first-order chi connectivity index (χ1) is 42.9. The van der Waals surface area contributed by atoms with Gasteiger partial charge >= 0.3 is 39.5 Å². The third-order valence-corrected chi connectivity index (χ3v) is 18.1. The lowest BCUT2D eigenvalue weighted by molar-refractivity contribution is -0.161. The molecule has 5 atom stereocenters. The van der Waals surface area contributed by atoms with Gasteiger partial charge in [0.2, 0.25) is 0 Å². The topological polar surface area (TPSA) is 237 Å². The van der Waals surface area contributed by atoms with Crippen LogP contribution in [0.1, 0.15) is 356 Å². The van der Waals surface area contributed by atoms with E-state index in [1.165, 1.54) is 167 Å². The lowest BCUT2D eigenvalue weighted by atomic mass is 10.0. The number of rotatable bonds is 69. The normalized spacial score (nSPS) is 14.1. The number of hydrogen-bond acceptors (Lipinski definition) is 15. The highest BCUT2D eigenvalue weighted by atomic mass is 31.2. The zero-order valence-corrected chi connectivity index (χ0v) is 59.5. The van der Waals surface area contributed by atoms with Gasteiger partial charge in [0.05, 0.1) is 26.4 Å². The second kappa shape index (κ2) is 62.2. The van der Waals surface area contributed by atoms with Crippen molar-refractivity contribution in [2.75, 3.05) is 39.6 Å². The van der Waals surface area contributed by atoms with Crippen LogP contribution >= 0.6 is 15.6 Å². The van der Waals surface area contributed by atoms with E-state index in [4.69, 9.17) is 37.0 Å². The molecule has 0 bridgehead atoms. The predicted octanol–water partition coefficient (Wildman–Crippen LogP) is 20.0. The molecule has 2 unspecified atom stereocenters. The molecule has 528 valence electrons. The van der Waals surface area contributed by atoms with Gasteiger partial charge in [0.25, 0.3) is 0 Å². The van der Waals surface area contributed by atoms with E-state index in [9.17, 15) is 43.2 Å². The number of carbonyl (C=O) groups is 4. The average Bonchev–Trinajstić information content (AvgIpc) is 3.71. The van der Waals surface area contributed by atoms with Crippen LogP contribution in [-0.4, -0.2) is 96.7 Å². The Morgan fingerprint density at radius 1 is 0.303 bits per heavy atom. The molecule has 0 aliphatic carbocycles. The highest BCUT2D eigenvalue weighted by molar-refractivity contribution is 7.47. The van der Waals surface area contributed by atoms with Gasteiger partial charge in [-0.1, -0.05) is 305 Å². The Morgan fingerprint density at radius 2 is 0.517 bits per heavy atom. The summed E-state index contributed by atoms with van der Waals surface area (Å²) in [4.78, 5) is 72.5. The van der Waals surface area contributed by atoms with Crippen molar-refractivity contribution >= 4 is 39.5 Å². The molecule has 89 heavy (non-hydrogen) atoms. The van der Waals surface area contributed by atoms with Crippen molar-refractivity contribution in [2.24, 2.45) is 11.8 Å². The summed E-state index contributed by atoms with van der Waals surface area (Å²) in [6.45, 7) is 9.43. The number of carbonyl (C=O) groups excluding carboxylic acids is 4. The Bertz CT molecular complexity index is 1730. The molecule has 0 saturated heterocycles. The molecule has 0 amide bonds. The molecule has 0 aromatic rings. The fourth-order valence-electron chi connectivity index (χ4n) is 10.6. The van der Waals surface area contributed by atoms with E-state index in [2.05, 4.69) is 41.5 Å². The minimum atomic E-state index is -4.95. The van der Waals surface area contributed by atoms with Crippen LogP contribution in [0.4, 0.5) is 0 Å². The summed E-state index contributed by atoms with van der Waals surface area (Å²) in [5.74, 6) is -0.725. The summed E-state index contributed by atoms with van der Waals surface area (Å²) < 4.78 is 68.3. The number of aliphatic hydroxyl groups is 1. The van der Waals surface area contributed by atoms with E-state index < -0.39 is 97.5 Å². The van der Waals surface area contributed by atoms with Gasteiger partial charge in [-0.25, -0.2) is 9.13 Å². The number of phosphoric acid groups is 2. The largest absolute Gasteiger partial charge is 0.472 e. The first-order valence-corrected chi connectivity index (χ1v) is 39.5. The summed E-state index contributed by atoms with van der Waals surface area (Å²) in [6.07, 6.45) is 47.3. The number of hydrogen-bond donors (Lipinski definition) is 3. The maximum atomic E-state index is 13.0. The molecule has 0 rings (SSSR count). The van der Waals surface area contributed by atoms with Gasteiger partial charge in [0.15, 0.2) is 12.2 Å². The van der Waals surface area contributed by atoms with E-state index >= 15 is 0 Å². The highest BCUT2D eigenvalue weighted by Crippen LogP contribution is 2.45. The van der Waals surface area contributed by atoms with Crippen molar-refractivity contribution in [1.29, 1.82) is 0 Å². The Kier molecular flexibility index (Phi) is 60.8.